The lowest BCUT2D eigenvalue weighted by atomic mass is 9.93. The second-order valence-electron chi connectivity index (χ2n) is 5.47. The minimum Gasteiger partial charge on any atom is -0.454 e. The predicted molar refractivity (Wildman–Crippen MR) is 76.1 cm³/mol. The third-order valence-electron chi connectivity index (χ3n) is 3.65. The summed E-state index contributed by atoms with van der Waals surface area (Å²) in [6.07, 6.45) is 2.24. The van der Waals surface area contributed by atoms with Gasteiger partial charge in [0, 0.05) is 6.42 Å². The van der Waals surface area contributed by atoms with Gasteiger partial charge in [0.15, 0.2) is 17.3 Å². The third-order valence-corrected chi connectivity index (χ3v) is 3.65. The van der Waals surface area contributed by atoms with Gasteiger partial charge in [-0.15, -0.1) is 0 Å². The molecule has 1 aliphatic heterocycles. The Kier molecular flexibility index (Phi) is 3.55. The second kappa shape index (κ2) is 5.37. The standard InChI is InChI=1S/C15H19N3O3/c1-3-13-17-14(18-21-13)15(2,16)7-6-10-4-5-11-12(8-10)20-9-19-11/h4-5,8H,3,6-7,9,16H2,1-2H3. The smallest absolute Gasteiger partial charge is 0.231 e. The third kappa shape index (κ3) is 2.85. The maximum atomic E-state index is 6.33. The van der Waals surface area contributed by atoms with Gasteiger partial charge in [0.2, 0.25) is 12.7 Å². The van der Waals surface area contributed by atoms with Crippen molar-refractivity contribution >= 4 is 0 Å². The molecule has 21 heavy (non-hydrogen) atoms. The molecule has 1 aromatic carbocycles. The lowest BCUT2D eigenvalue weighted by molar-refractivity contribution is 0.174. The molecule has 0 amide bonds. The average molecular weight is 289 g/mol. The van der Waals surface area contributed by atoms with Crippen molar-refractivity contribution in [2.75, 3.05) is 6.79 Å². The molecule has 1 unspecified atom stereocenters. The van der Waals surface area contributed by atoms with Crippen molar-refractivity contribution in [2.24, 2.45) is 5.73 Å². The molecule has 0 bridgehead atoms. The summed E-state index contributed by atoms with van der Waals surface area (Å²) in [5.41, 5.74) is 6.86. The molecule has 0 saturated carbocycles. The van der Waals surface area contributed by atoms with Gasteiger partial charge in [-0.3, -0.25) is 0 Å². The van der Waals surface area contributed by atoms with Crippen LogP contribution in [0.15, 0.2) is 22.7 Å². The Hall–Kier alpha value is -2.08. The number of aryl methyl sites for hydroxylation is 2. The molecule has 6 nitrogen and oxygen atoms in total. The Balaban J connectivity index is 1.68. The molecule has 2 aromatic rings. The van der Waals surface area contributed by atoms with Gasteiger partial charge in [-0.2, -0.15) is 4.98 Å². The summed E-state index contributed by atoms with van der Waals surface area (Å²) in [6.45, 7) is 4.18. The Morgan fingerprint density at radius 1 is 1.29 bits per heavy atom. The lowest BCUT2D eigenvalue weighted by Gasteiger charge is -2.20. The predicted octanol–water partition coefficient (Wildman–Crippen LogP) is 2.17. The number of hydrogen-bond donors (Lipinski definition) is 1. The van der Waals surface area contributed by atoms with Crippen LogP contribution in [-0.2, 0) is 18.4 Å². The van der Waals surface area contributed by atoms with Crippen molar-refractivity contribution in [2.45, 2.75) is 38.6 Å². The number of rotatable bonds is 5. The molecule has 0 aliphatic carbocycles. The number of ether oxygens (including phenoxy) is 2. The highest BCUT2D eigenvalue weighted by atomic mass is 16.7. The summed E-state index contributed by atoms with van der Waals surface area (Å²) in [5, 5.41) is 3.97. The van der Waals surface area contributed by atoms with Crippen LogP contribution in [0, 0.1) is 0 Å². The van der Waals surface area contributed by atoms with E-state index in [1.807, 2.05) is 32.0 Å². The van der Waals surface area contributed by atoms with Crippen LogP contribution in [0.5, 0.6) is 11.5 Å². The minimum absolute atomic E-state index is 0.288. The highest BCUT2D eigenvalue weighted by Gasteiger charge is 2.27. The fourth-order valence-corrected chi connectivity index (χ4v) is 2.24. The summed E-state index contributed by atoms with van der Waals surface area (Å²) in [4.78, 5) is 4.32. The van der Waals surface area contributed by atoms with E-state index in [2.05, 4.69) is 10.1 Å². The summed E-state index contributed by atoms with van der Waals surface area (Å²) in [7, 11) is 0. The van der Waals surface area contributed by atoms with E-state index in [1.54, 1.807) is 0 Å². The van der Waals surface area contributed by atoms with E-state index < -0.39 is 5.54 Å². The minimum atomic E-state index is -0.618. The monoisotopic (exact) mass is 289 g/mol. The summed E-state index contributed by atoms with van der Waals surface area (Å²) in [6, 6.07) is 5.94. The Morgan fingerprint density at radius 2 is 2.10 bits per heavy atom. The molecule has 6 heteroatoms. The van der Waals surface area contributed by atoms with E-state index in [4.69, 9.17) is 19.7 Å². The number of nitrogens with zero attached hydrogens (tertiary/aromatic N) is 2. The van der Waals surface area contributed by atoms with E-state index >= 15 is 0 Å². The zero-order chi connectivity index (χ0) is 14.9. The summed E-state index contributed by atoms with van der Waals surface area (Å²) < 4.78 is 15.8. The number of hydrogen-bond acceptors (Lipinski definition) is 6. The Bertz CT molecular complexity index is 637. The van der Waals surface area contributed by atoms with Gasteiger partial charge in [0.1, 0.15) is 0 Å². The molecule has 0 radical (unpaired) electrons. The zero-order valence-electron chi connectivity index (χ0n) is 12.3. The van der Waals surface area contributed by atoms with Crippen molar-refractivity contribution in [1.82, 2.24) is 10.1 Å². The molecule has 0 fully saturated rings. The van der Waals surface area contributed by atoms with Gasteiger partial charge in [-0.25, -0.2) is 0 Å². The lowest BCUT2D eigenvalue weighted by Crippen LogP contribution is -2.35. The van der Waals surface area contributed by atoms with Crippen molar-refractivity contribution in [1.29, 1.82) is 0 Å². The van der Waals surface area contributed by atoms with E-state index in [9.17, 15) is 0 Å². The van der Waals surface area contributed by atoms with Crippen LogP contribution >= 0.6 is 0 Å². The fraction of sp³-hybridized carbons (Fsp3) is 0.467. The van der Waals surface area contributed by atoms with Crippen molar-refractivity contribution in [3.8, 4) is 11.5 Å². The van der Waals surface area contributed by atoms with E-state index in [-0.39, 0.29) is 6.79 Å². The molecule has 0 saturated heterocycles. The zero-order valence-corrected chi connectivity index (χ0v) is 12.3. The van der Waals surface area contributed by atoms with Crippen molar-refractivity contribution < 1.29 is 14.0 Å². The average Bonchev–Trinajstić information content (AvgIpc) is 3.13. The topological polar surface area (TPSA) is 83.4 Å². The summed E-state index contributed by atoms with van der Waals surface area (Å²) >= 11 is 0. The molecular formula is C15H19N3O3. The Labute approximate surface area is 123 Å². The first-order valence-electron chi connectivity index (χ1n) is 7.09. The molecule has 1 atom stereocenters. The van der Waals surface area contributed by atoms with Crippen LogP contribution < -0.4 is 15.2 Å². The van der Waals surface area contributed by atoms with Gasteiger partial charge in [0.05, 0.1) is 5.54 Å². The largest absolute Gasteiger partial charge is 0.454 e. The van der Waals surface area contributed by atoms with Crippen LogP contribution in [0.25, 0.3) is 0 Å². The second-order valence-corrected chi connectivity index (χ2v) is 5.47. The SMILES string of the molecule is CCc1nc(C(C)(N)CCc2ccc3c(c2)OCO3)no1. The molecule has 1 aromatic heterocycles. The molecule has 1 aliphatic rings. The van der Waals surface area contributed by atoms with Gasteiger partial charge in [-0.05, 0) is 37.5 Å². The van der Waals surface area contributed by atoms with E-state index in [0.29, 0.717) is 18.1 Å². The summed E-state index contributed by atoms with van der Waals surface area (Å²) in [5.74, 6) is 2.75. The van der Waals surface area contributed by atoms with Gasteiger partial charge >= 0.3 is 0 Å². The van der Waals surface area contributed by atoms with Crippen LogP contribution in [0.2, 0.25) is 0 Å². The maximum Gasteiger partial charge on any atom is 0.231 e. The van der Waals surface area contributed by atoms with Crippen molar-refractivity contribution in [3.05, 3.63) is 35.5 Å². The first kappa shape index (κ1) is 13.9. The van der Waals surface area contributed by atoms with Gasteiger partial charge in [0.25, 0.3) is 0 Å². The quantitative estimate of drug-likeness (QED) is 0.908. The highest BCUT2D eigenvalue weighted by molar-refractivity contribution is 5.44. The van der Waals surface area contributed by atoms with E-state index in [1.165, 1.54) is 0 Å². The van der Waals surface area contributed by atoms with Gasteiger partial charge < -0.3 is 19.7 Å². The van der Waals surface area contributed by atoms with Crippen LogP contribution in [0.4, 0.5) is 0 Å². The first-order valence-corrected chi connectivity index (χ1v) is 7.09. The van der Waals surface area contributed by atoms with Gasteiger partial charge in [-0.1, -0.05) is 18.1 Å². The fourth-order valence-electron chi connectivity index (χ4n) is 2.24. The number of aromatic nitrogens is 2. The van der Waals surface area contributed by atoms with Crippen LogP contribution in [0.3, 0.4) is 0 Å². The van der Waals surface area contributed by atoms with Crippen LogP contribution in [0.1, 0.15) is 37.5 Å². The van der Waals surface area contributed by atoms with Crippen molar-refractivity contribution in [3.63, 3.8) is 0 Å². The number of nitrogens with two attached hydrogens (primary N) is 1. The molecule has 0 spiro atoms. The molecule has 3 rings (SSSR count). The molecule has 112 valence electrons. The molecular weight excluding hydrogens is 270 g/mol. The normalized spacial score (nSPS) is 16.0. The molecule has 2 heterocycles. The maximum absolute atomic E-state index is 6.33. The number of benzene rings is 1. The number of fused-ring (bicyclic) bond motifs is 1. The van der Waals surface area contributed by atoms with E-state index in [0.717, 1.165) is 29.9 Å². The first-order chi connectivity index (χ1) is 10.1. The van der Waals surface area contributed by atoms with Crippen LogP contribution in [-0.4, -0.2) is 16.9 Å². The molecule has 2 N–H and O–H groups in total. The highest BCUT2D eigenvalue weighted by Crippen LogP contribution is 2.33. The Morgan fingerprint density at radius 3 is 2.86 bits per heavy atom.